The molecule has 0 spiro atoms. The van der Waals surface area contributed by atoms with Crippen molar-refractivity contribution in [3.8, 4) is 0 Å². The molecular formula is C22H27N3O2. The maximum atomic E-state index is 12.6. The van der Waals surface area contributed by atoms with E-state index in [0.717, 1.165) is 48.9 Å². The number of hydrogen-bond acceptors (Lipinski definition) is 3. The molecule has 0 atom stereocenters. The van der Waals surface area contributed by atoms with E-state index in [4.69, 9.17) is 0 Å². The van der Waals surface area contributed by atoms with Crippen molar-refractivity contribution in [2.24, 2.45) is 11.8 Å². The first kappa shape index (κ1) is 19.1. The molecule has 1 aliphatic rings. The van der Waals surface area contributed by atoms with Crippen molar-refractivity contribution in [3.63, 3.8) is 0 Å². The van der Waals surface area contributed by atoms with Crippen molar-refractivity contribution < 1.29 is 9.59 Å². The molecule has 27 heavy (non-hydrogen) atoms. The van der Waals surface area contributed by atoms with Gasteiger partial charge in [-0.3, -0.25) is 14.6 Å². The molecule has 3 rings (SSSR count). The molecular weight excluding hydrogens is 338 g/mol. The van der Waals surface area contributed by atoms with Crippen LogP contribution in [-0.2, 0) is 22.6 Å². The van der Waals surface area contributed by atoms with Gasteiger partial charge in [0, 0.05) is 36.5 Å². The van der Waals surface area contributed by atoms with Gasteiger partial charge in [0.1, 0.15) is 0 Å². The maximum Gasteiger partial charge on any atom is 0.227 e. The van der Waals surface area contributed by atoms with Crippen LogP contribution in [0.1, 0.15) is 43.7 Å². The summed E-state index contributed by atoms with van der Waals surface area (Å²) >= 11 is 0. The van der Waals surface area contributed by atoms with Crippen molar-refractivity contribution in [1.82, 2.24) is 10.3 Å². The molecule has 2 N–H and O–H groups in total. The number of rotatable bonds is 6. The van der Waals surface area contributed by atoms with Gasteiger partial charge in [0.15, 0.2) is 0 Å². The normalized spacial score (nSPS) is 19.3. The summed E-state index contributed by atoms with van der Waals surface area (Å²) in [5.74, 6) is 0.145. The lowest BCUT2D eigenvalue weighted by molar-refractivity contribution is -0.128. The second-order valence-electron chi connectivity index (χ2n) is 7.12. The van der Waals surface area contributed by atoms with Gasteiger partial charge in [0.05, 0.1) is 0 Å². The molecule has 142 valence electrons. The first-order valence-corrected chi connectivity index (χ1v) is 9.72. The molecule has 0 aliphatic heterocycles. The third kappa shape index (κ3) is 5.16. The minimum atomic E-state index is -0.0147. The second kappa shape index (κ2) is 9.31. The van der Waals surface area contributed by atoms with E-state index in [9.17, 15) is 9.59 Å². The standard InChI is InChI=1S/C22H27N3O2/c1-2-17-5-3-4-6-20(17)25-22(27)19-9-7-18(8-10-19)21(26)24-15-16-11-13-23-14-12-16/h3-6,11-14,18-19H,2,7-10,15H2,1H3,(H,24,26)(H,25,27). The van der Waals surface area contributed by atoms with E-state index in [0.29, 0.717) is 6.54 Å². The summed E-state index contributed by atoms with van der Waals surface area (Å²) in [5, 5.41) is 6.08. The number of hydrogen-bond donors (Lipinski definition) is 2. The molecule has 0 saturated heterocycles. The fraction of sp³-hybridized carbons (Fsp3) is 0.409. The Kier molecular flexibility index (Phi) is 6.58. The molecule has 1 heterocycles. The van der Waals surface area contributed by atoms with Crippen molar-refractivity contribution in [2.45, 2.75) is 45.6 Å². The SMILES string of the molecule is CCc1ccccc1NC(=O)C1CCC(C(=O)NCc2ccncc2)CC1. The largest absolute Gasteiger partial charge is 0.352 e. The Bertz CT molecular complexity index is 768. The maximum absolute atomic E-state index is 12.6. The topological polar surface area (TPSA) is 71.1 Å². The number of benzene rings is 1. The number of carbonyl (C=O) groups excluding carboxylic acids is 2. The average molecular weight is 365 g/mol. The van der Waals surface area contributed by atoms with E-state index >= 15 is 0 Å². The third-order valence-corrected chi connectivity index (χ3v) is 5.34. The average Bonchev–Trinajstić information content (AvgIpc) is 2.73. The molecule has 0 radical (unpaired) electrons. The summed E-state index contributed by atoms with van der Waals surface area (Å²) in [6, 6.07) is 11.7. The van der Waals surface area contributed by atoms with E-state index in [2.05, 4.69) is 22.5 Å². The molecule has 0 unspecified atom stereocenters. The van der Waals surface area contributed by atoms with Crippen molar-refractivity contribution in [2.75, 3.05) is 5.32 Å². The predicted octanol–water partition coefficient (Wildman–Crippen LogP) is 3.71. The van der Waals surface area contributed by atoms with Crippen LogP contribution in [0.2, 0.25) is 0 Å². The minimum absolute atomic E-state index is 0.00110. The van der Waals surface area contributed by atoms with E-state index in [1.54, 1.807) is 12.4 Å². The fourth-order valence-electron chi connectivity index (χ4n) is 3.64. The molecule has 2 amide bonds. The highest BCUT2D eigenvalue weighted by Crippen LogP contribution is 2.30. The number of nitrogens with one attached hydrogen (secondary N) is 2. The lowest BCUT2D eigenvalue weighted by Crippen LogP contribution is -2.35. The van der Waals surface area contributed by atoms with Gasteiger partial charge in [-0.1, -0.05) is 25.1 Å². The van der Waals surface area contributed by atoms with E-state index in [1.807, 2.05) is 36.4 Å². The van der Waals surface area contributed by atoms with Gasteiger partial charge in [-0.2, -0.15) is 0 Å². The van der Waals surface area contributed by atoms with Crippen molar-refractivity contribution in [3.05, 3.63) is 59.9 Å². The molecule has 5 nitrogen and oxygen atoms in total. The Labute approximate surface area is 160 Å². The summed E-state index contributed by atoms with van der Waals surface area (Å²) in [6.07, 6.45) is 7.37. The monoisotopic (exact) mass is 365 g/mol. The Morgan fingerprint density at radius 3 is 2.26 bits per heavy atom. The van der Waals surface area contributed by atoms with Crippen LogP contribution in [0.15, 0.2) is 48.8 Å². The Morgan fingerprint density at radius 2 is 1.59 bits per heavy atom. The molecule has 2 aromatic rings. The first-order chi connectivity index (χ1) is 13.2. The number of para-hydroxylation sites is 1. The van der Waals surface area contributed by atoms with Crippen molar-refractivity contribution >= 4 is 17.5 Å². The molecule has 1 aromatic heterocycles. The van der Waals surface area contributed by atoms with Crippen LogP contribution in [0.3, 0.4) is 0 Å². The minimum Gasteiger partial charge on any atom is -0.352 e. The van der Waals surface area contributed by atoms with Gasteiger partial charge in [-0.25, -0.2) is 0 Å². The van der Waals surface area contributed by atoms with Crippen LogP contribution in [0, 0.1) is 11.8 Å². The molecule has 0 bridgehead atoms. The molecule has 1 fully saturated rings. The number of nitrogens with zero attached hydrogens (tertiary/aromatic N) is 1. The number of anilines is 1. The number of carbonyl (C=O) groups is 2. The van der Waals surface area contributed by atoms with E-state index in [1.165, 1.54) is 0 Å². The first-order valence-electron chi connectivity index (χ1n) is 9.72. The van der Waals surface area contributed by atoms with Crippen LogP contribution in [-0.4, -0.2) is 16.8 Å². The highest BCUT2D eigenvalue weighted by atomic mass is 16.2. The van der Waals surface area contributed by atoms with Crippen LogP contribution in [0.25, 0.3) is 0 Å². The Hall–Kier alpha value is -2.69. The molecule has 1 saturated carbocycles. The van der Waals surface area contributed by atoms with Gasteiger partial charge < -0.3 is 10.6 Å². The quantitative estimate of drug-likeness (QED) is 0.820. The van der Waals surface area contributed by atoms with Crippen LogP contribution in [0.4, 0.5) is 5.69 Å². The third-order valence-electron chi connectivity index (χ3n) is 5.34. The number of aromatic nitrogens is 1. The number of pyridine rings is 1. The summed E-state index contributed by atoms with van der Waals surface area (Å²) in [5.41, 5.74) is 3.10. The Balaban J connectivity index is 1.46. The van der Waals surface area contributed by atoms with E-state index in [-0.39, 0.29) is 23.7 Å². The van der Waals surface area contributed by atoms with Gasteiger partial charge >= 0.3 is 0 Å². The zero-order valence-electron chi connectivity index (χ0n) is 15.8. The van der Waals surface area contributed by atoms with Crippen LogP contribution >= 0.6 is 0 Å². The molecule has 5 heteroatoms. The van der Waals surface area contributed by atoms with Gasteiger partial charge in [-0.15, -0.1) is 0 Å². The summed E-state index contributed by atoms with van der Waals surface area (Å²) in [4.78, 5) is 29.0. The second-order valence-corrected chi connectivity index (χ2v) is 7.12. The van der Waals surface area contributed by atoms with Gasteiger partial charge in [-0.05, 0) is 61.4 Å². The summed E-state index contributed by atoms with van der Waals surface area (Å²) < 4.78 is 0. The highest BCUT2D eigenvalue weighted by molar-refractivity contribution is 5.93. The zero-order valence-corrected chi connectivity index (χ0v) is 15.8. The van der Waals surface area contributed by atoms with Gasteiger partial charge in [0.25, 0.3) is 0 Å². The number of aryl methyl sites for hydroxylation is 1. The lowest BCUT2D eigenvalue weighted by atomic mass is 9.81. The lowest BCUT2D eigenvalue weighted by Gasteiger charge is -2.27. The van der Waals surface area contributed by atoms with Crippen molar-refractivity contribution in [1.29, 1.82) is 0 Å². The molecule has 1 aliphatic carbocycles. The van der Waals surface area contributed by atoms with Crippen LogP contribution in [0.5, 0.6) is 0 Å². The molecule has 1 aromatic carbocycles. The zero-order chi connectivity index (χ0) is 19.1. The number of amides is 2. The predicted molar refractivity (Wildman–Crippen MR) is 106 cm³/mol. The smallest absolute Gasteiger partial charge is 0.227 e. The highest BCUT2D eigenvalue weighted by Gasteiger charge is 2.30. The fourth-order valence-corrected chi connectivity index (χ4v) is 3.64. The van der Waals surface area contributed by atoms with E-state index < -0.39 is 0 Å². The summed E-state index contributed by atoms with van der Waals surface area (Å²) in [7, 11) is 0. The summed E-state index contributed by atoms with van der Waals surface area (Å²) in [6.45, 7) is 2.61. The van der Waals surface area contributed by atoms with Gasteiger partial charge in [0.2, 0.25) is 11.8 Å². The van der Waals surface area contributed by atoms with Crippen LogP contribution < -0.4 is 10.6 Å². The Morgan fingerprint density at radius 1 is 0.963 bits per heavy atom.